The highest BCUT2D eigenvalue weighted by molar-refractivity contribution is 6.30. The van der Waals surface area contributed by atoms with E-state index in [0.717, 1.165) is 0 Å². The number of ether oxygens (including phenoxy) is 2. The lowest BCUT2D eigenvalue weighted by Gasteiger charge is -2.21. The Morgan fingerprint density at radius 1 is 0.765 bits per heavy atom. The van der Waals surface area contributed by atoms with E-state index in [-0.39, 0.29) is 45.6 Å². The molecular weight excluding hydrogens is 434 g/mol. The number of anilines is 1. The molecule has 4 rings (SSSR count). The van der Waals surface area contributed by atoms with E-state index in [2.05, 4.69) is 5.32 Å². The van der Waals surface area contributed by atoms with Crippen molar-refractivity contribution < 1.29 is 28.7 Å². The summed E-state index contributed by atoms with van der Waals surface area (Å²) in [6.45, 7) is 5.23. The summed E-state index contributed by atoms with van der Waals surface area (Å²) in [6.07, 6.45) is -1.14. The van der Waals surface area contributed by atoms with Gasteiger partial charge in [0, 0.05) is 16.7 Å². The van der Waals surface area contributed by atoms with Gasteiger partial charge in [-0.3, -0.25) is 14.4 Å². The predicted octanol–water partition coefficient (Wildman–Crippen LogP) is 4.43. The Balaban J connectivity index is 1.49. The summed E-state index contributed by atoms with van der Waals surface area (Å²) in [5.74, 6) is -1.32. The predicted molar refractivity (Wildman–Crippen MR) is 125 cm³/mol. The fraction of sp³-hybridized carbons (Fsp3) is 0.185. The summed E-state index contributed by atoms with van der Waals surface area (Å²) < 4.78 is 10.8. The highest BCUT2D eigenvalue weighted by atomic mass is 16.5. The number of esters is 1. The number of ketones is 2. The van der Waals surface area contributed by atoms with Crippen LogP contribution in [0, 0.1) is 0 Å². The molecule has 172 valence electrons. The van der Waals surface area contributed by atoms with Crippen molar-refractivity contribution in [3.63, 3.8) is 0 Å². The van der Waals surface area contributed by atoms with Crippen LogP contribution >= 0.6 is 0 Å². The second-order valence-electron chi connectivity index (χ2n) is 8.16. The van der Waals surface area contributed by atoms with Gasteiger partial charge < -0.3 is 14.8 Å². The van der Waals surface area contributed by atoms with Crippen molar-refractivity contribution in [2.45, 2.75) is 33.0 Å². The molecule has 1 atom stereocenters. The minimum Gasteiger partial charge on any atom is -0.491 e. The Labute approximate surface area is 196 Å². The monoisotopic (exact) mass is 457 g/mol. The van der Waals surface area contributed by atoms with Gasteiger partial charge in [0.05, 0.1) is 22.9 Å². The maximum absolute atomic E-state index is 13.1. The molecule has 0 spiro atoms. The normalized spacial score (nSPS) is 13.1. The van der Waals surface area contributed by atoms with Crippen LogP contribution in [-0.2, 0) is 9.53 Å². The van der Waals surface area contributed by atoms with Crippen molar-refractivity contribution in [2.24, 2.45) is 0 Å². The summed E-state index contributed by atoms with van der Waals surface area (Å²) in [5, 5.41) is 2.63. The van der Waals surface area contributed by atoms with E-state index in [9.17, 15) is 19.2 Å². The molecule has 34 heavy (non-hydrogen) atoms. The molecule has 0 aliphatic heterocycles. The lowest BCUT2D eigenvalue weighted by atomic mass is 9.83. The highest BCUT2D eigenvalue weighted by Gasteiger charge is 2.32. The van der Waals surface area contributed by atoms with Gasteiger partial charge >= 0.3 is 5.97 Å². The van der Waals surface area contributed by atoms with Gasteiger partial charge in [-0.25, -0.2) is 4.79 Å². The second kappa shape index (κ2) is 9.31. The molecule has 0 unspecified atom stereocenters. The van der Waals surface area contributed by atoms with Gasteiger partial charge in [-0.1, -0.05) is 36.4 Å². The highest BCUT2D eigenvalue weighted by Crippen LogP contribution is 2.32. The van der Waals surface area contributed by atoms with E-state index in [1.807, 2.05) is 13.8 Å². The first-order chi connectivity index (χ1) is 16.3. The molecule has 1 amide bonds. The Morgan fingerprint density at radius 2 is 1.38 bits per heavy atom. The third-order valence-corrected chi connectivity index (χ3v) is 5.33. The van der Waals surface area contributed by atoms with Crippen LogP contribution in [0.3, 0.4) is 0 Å². The summed E-state index contributed by atoms with van der Waals surface area (Å²) in [4.78, 5) is 51.2. The molecule has 1 aliphatic rings. The number of hydrogen-bond donors (Lipinski definition) is 1. The molecule has 3 aromatic rings. The Morgan fingerprint density at radius 3 is 2.03 bits per heavy atom. The van der Waals surface area contributed by atoms with Crippen LogP contribution in [0.25, 0.3) is 0 Å². The molecule has 7 nitrogen and oxygen atoms in total. The minimum atomic E-state index is -1.14. The number of benzene rings is 3. The molecular formula is C27H23NO6. The number of carbonyl (C=O) groups excluding carboxylic acids is 4. The number of fused-ring (bicyclic) bond motifs is 2. The Kier molecular flexibility index (Phi) is 6.27. The van der Waals surface area contributed by atoms with Crippen LogP contribution in [0.4, 0.5) is 5.69 Å². The van der Waals surface area contributed by atoms with Crippen LogP contribution in [0.5, 0.6) is 5.75 Å². The Hall–Kier alpha value is -4.26. The average Bonchev–Trinajstić information content (AvgIpc) is 2.82. The first-order valence-electron chi connectivity index (χ1n) is 10.9. The maximum atomic E-state index is 13.1. The molecule has 0 bridgehead atoms. The van der Waals surface area contributed by atoms with Crippen molar-refractivity contribution in [2.75, 3.05) is 5.32 Å². The summed E-state index contributed by atoms with van der Waals surface area (Å²) in [7, 11) is 0. The van der Waals surface area contributed by atoms with Crippen LogP contribution in [0.15, 0.2) is 66.7 Å². The molecule has 0 fully saturated rings. The SMILES string of the molecule is CC(C)Oc1ccc(C(=O)O[C@H](C)C(=O)Nc2cccc3c2C(=O)c2ccccc2C3=O)cc1. The molecule has 0 heterocycles. The van der Waals surface area contributed by atoms with Crippen molar-refractivity contribution >= 4 is 29.1 Å². The van der Waals surface area contributed by atoms with E-state index >= 15 is 0 Å². The molecule has 0 saturated carbocycles. The van der Waals surface area contributed by atoms with Gasteiger partial charge in [-0.05, 0) is 51.1 Å². The smallest absolute Gasteiger partial charge is 0.338 e. The van der Waals surface area contributed by atoms with E-state index in [4.69, 9.17) is 9.47 Å². The molecule has 7 heteroatoms. The molecule has 3 aromatic carbocycles. The fourth-order valence-electron chi connectivity index (χ4n) is 3.71. The number of hydrogen-bond acceptors (Lipinski definition) is 6. The molecule has 1 aliphatic carbocycles. The van der Waals surface area contributed by atoms with Gasteiger partial charge in [-0.2, -0.15) is 0 Å². The second-order valence-corrected chi connectivity index (χ2v) is 8.16. The first kappa shape index (κ1) is 22.9. The van der Waals surface area contributed by atoms with Crippen molar-refractivity contribution in [1.29, 1.82) is 0 Å². The van der Waals surface area contributed by atoms with E-state index < -0.39 is 18.0 Å². The summed E-state index contributed by atoms with van der Waals surface area (Å²) >= 11 is 0. The van der Waals surface area contributed by atoms with Crippen LogP contribution in [0.1, 0.15) is 63.0 Å². The zero-order chi connectivity index (χ0) is 24.4. The van der Waals surface area contributed by atoms with E-state index in [1.54, 1.807) is 60.7 Å². The molecule has 0 aromatic heterocycles. The van der Waals surface area contributed by atoms with Crippen molar-refractivity contribution in [1.82, 2.24) is 0 Å². The largest absolute Gasteiger partial charge is 0.491 e. The lowest BCUT2D eigenvalue weighted by Crippen LogP contribution is -2.31. The van der Waals surface area contributed by atoms with Crippen molar-refractivity contribution in [3.8, 4) is 5.75 Å². The average molecular weight is 457 g/mol. The number of amides is 1. The van der Waals surface area contributed by atoms with Gasteiger partial charge in [-0.15, -0.1) is 0 Å². The summed E-state index contributed by atoms with van der Waals surface area (Å²) in [6, 6.07) is 17.7. The first-order valence-corrected chi connectivity index (χ1v) is 10.9. The topological polar surface area (TPSA) is 98.8 Å². The lowest BCUT2D eigenvalue weighted by molar-refractivity contribution is -0.123. The van der Waals surface area contributed by atoms with Crippen LogP contribution in [-0.4, -0.2) is 35.7 Å². The third kappa shape index (κ3) is 4.45. The van der Waals surface area contributed by atoms with Crippen LogP contribution in [0.2, 0.25) is 0 Å². The standard InChI is InChI=1S/C27H23NO6/c1-15(2)33-18-13-11-17(12-14-18)27(32)34-16(3)26(31)28-22-10-6-9-21-23(22)25(30)20-8-5-4-7-19(20)24(21)29/h4-16H,1-3H3,(H,28,31)/t16-/m1/s1. The third-order valence-electron chi connectivity index (χ3n) is 5.33. The molecule has 0 saturated heterocycles. The van der Waals surface area contributed by atoms with Crippen LogP contribution < -0.4 is 10.1 Å². The van der Waals surface area contributed by atoms with E-state index in [0.29, 0.717) is 11.3 Å². The quantitative estimate of drug-likeness (QED) is 0.430. The number of nitrogens with one attached hydrogen (secondary N) is 1. The van der Waals surface area contributed by atoms with Gasteiger partial charge in [0.25, 0.3) is 5.91 Å². The number of carbonyl (C=O) groups is 4. The molecule has 1 N–H and O–H groups in total. The minimum absolute atomic E-state index is 0.000839. The van der Waals surface area contributed by atoms with E-state index in [1.165, 1.54) is 13.0 Å². The van der Waals surface area contributed by atoms with Crippen molar-refractivity contribution in [3.05, 3.63) is 94.5 Å². The summed E-state index contributed by atoms with van der Waals surface area (Å²) in [5.41, 5.74) is 1.41. The van der Waals surface area contributed by atoms with Gasteiger partial charge in [0.2, 0.25) is 0 Å². The molecule has 0 radical (unpaired) electrons. The Bertz CT molecular complexity index is 1290. The van der Waals surface area contributed by atoms with Gasteiger partial charge in [0.15, 0.2) is 17.7 Å². The fourth-order valence-corrected chi connectivity index (χ4v) is 3.71. The zero-order valence-electron chi connectivity index (χ0n) is 19.0. The maximum Gasteiger partial charge on any atom is 0.338 e. The zero-order valence-corrected chi connectivity index (χ0v) is 19.0. The van der Waals surface area contributed by atoms with Gasteiger partial charge in [0.1, 0.15) is 5.75 Å². The number of rotatable bonds is 6.